The number of hydrogen-bond acceptors (Lipinski definition) is 1. The van der Waals surface area contributed by atoms with Gasteiger partial charge in [0.15, 0.2) is 0 Å². The first-order chi connectivity index (χ1) is 16.1. The van der Waals surface area contributed by atoms with Gasteiger partial charge >= 0.3 is 12.4 Å². The molecule has 34 heavy (non-hydrogen) atoms. The Hall–Kier alpha value is -3.39. The first-order valence-corrected chi connectivity index (χ1v) is 11.6. The molecular weight excluding hydrogens is 474 g/mol. The normalized spacial score (nSPS) is 12.9. The third kappa shape index (κ3) is 4.77. The van der Waals surface area contributed by atoms with Crippen LogP contribution in [0.2, 0.25) is 0 Å². The Morgan fingerprint density at radius 1 is 0.471 bits per heavy atom. The monoisotopic (exact) mass is 492 g/mol. The van der Waals surface area contributed by atoms with Gasteiger partial charge in [0, 0.05) is 14.7 Å². The number of benzene rings is 4. The van der Waals surface area contributed by atoms with Gasteiger partial charge in [-0.3, -0.25) is 0 Å². The van der Waals surface area contributed by atoms with Gasteiger partial charge in [-0.05, 0) is 64.9 Å². The largest absolute Gasteiger partial charge is 0.436 e. The Kier molecular flexibility index (Phi) is 6.36. The third-order valence-corrected chi connectivity index (χ3v) is 8.26. The summed E-state index contributed by atoms with van der Waals surface area (Å²) >= 11 is 0. The van der Waals surface area contributed by atoms with Gasteiger partial charge in [-0.2, -0.15) is 26.3 Å². The highest BCUT2D eigenvalue weighted by atomic mass is 32.3. The van der Waals surface area contributed by atoms with Gasteiger partial charge in [0.25, 0.3) is 0 Å². The van der Waals surface area contributed by atoms with Crippen LogP contribution in [0.4, 0.5) is 26.3 Å². The van der Waals surface area contributed by atoms with Crippen LogP contribution in [-0.4, -0.2) is 0 Å². The van der Waals surface area contributed by atoms with E-state index in [1.807, 2.05) is 0 Å². The Bertz CT molecular complexity index is 1110. The molecule has 0 amide bonds. The maximum atomic E-state index is 13.5. The van der Waals surface area contributed by atoms with Crippen LogP contribution in [0.25, 0.3) is 0 Å². The van der Waals surface area contributed by atoms with Crippen LogP contribution in [0.5, 0.6) is 5.75 Å². The van der Waals surface area contributed by atoms with Gasteiger partial charge in [-0.25, -0.2) is 0 Å². The molecule has 0 fully saturated rings. The Morgan fingerprint density at radius 3 is 1.09 bits per heavy atom. The lowest BCUT2D eigenvalue weighted by Gasteiger charge is -2.41. The summed E-state index contributed by atoms with van der Waals surface area (Å²) < 4.78 is 87.4. The maximum Gasteiger partial charge on any atom is 0.416 e. The van der Waals surface area contributed by atoms with Gasteiger partial charge < -0.3 is 4.18 Å². The van der Waals surface area contributed by atoms with Gasteiger partial charge in [0.05, 0.1) is 11.1 Å². The van der Waals surface area contributed by atoms with Crippen LogP contribution in [0.1, 0.15) is 11.1 Å². The zero-order valence-electron chi connectivity index (χ0n) is 17.5. The molecule has 4 aromatic carbocycles. The predicted molar refractivity (Wildman–Crippen MR) is 119 cm³/mol. The molecule has 0 aliphatic heterocycles. The van der Waals surface area contributed by atoms with Crippen molar-refractivity contribution in [1.29, 1.82) is 0 Å². The molecule has 0 atom stereocenters. The van der Waals surface area contributed by atoms with Crippen molar-refractivity contribution in [1.82, 2.24) is 0 Å². The molecule has 0 bridgehead atoms. The van der Waals surface area contributed by atoms with Crippen LogP contribution in [0.3, 0.4) is 0 Å². The van der Waals surface area contributed by atoms with E-state index in [4.69, 9.17) is 4.18 Å². The number of hydrogen-bond donors (Lipinski definition) is 0. The van der Waals surface area contributed by atoms with E-state index in [9.17, 15) is 26.3 Å². The number of alkyl halides is 6. The van der Waals surface area contributed by atoms with Crippen molar-refractivity contribution in [2.75, 3.05) is 0 Å². The fourth-order valence-corrected chi connectivity index (χ4v) is 6.62. The summed E-state index contributed by atoms with van der Waals surface area (Å²) in [6.07, 6.45) is -9.97. The van der Waals surface area contributed by atoms with Gasteiger partial charge in [-0.15, -0.1) is 0 Å². The van der Waals surface area contributed by atoms with E-state index in [0.29, 0.717) is 26.8 Å². The van der Waals surface area contributed by atoms with Gasteiger partial charge in [-0.1, -0.05) is 54.6 Å². The SMILES string of the molecule is FC(F)(F)c1cc(OS(c2ccccc2)(c2ccccc2)c2ccccc2)cc(C(F)(F)F)c1. The van der Waals surface area contributed by atoms with E-state index in [-0.39, 0.29) is 6.07 Å². The van der Waals surface area contributed by atoms with Crippen molar-refractivity contribution < 1.29 is 30.5 Å². The molecule has 8 heteroatoms. The summed E-state index contributed by atoms with van der Waals surface area (Å²) in [7, 11) is -2.74. The second kappa shape index (κ2) is 9.10. The highest BCUT2D eigenvalue weighted by molar-refractivity contribution is 8.30. The molecular formula is C26H18F6OS. The van der Waals surface area contributed by atoms with Crippen LogP contribution >= 0.6 is 10.3 Å². The smallest absolute Gasteiger partial charge is 0.416 e. The van der Waals surface area contributed by atoms with Gasteiger partial charge in [0.2, 0.25) is 0 Å². The molecule has 0 aromatic heterocycles. The van der Waals surface area contributed by atoms with E-state index in [1.165, 1.54) is 0 Å². The molecule has 0 radical (unpaired) electrons. The van der Waals surface area contributed by atoms with E-state index < -0.39 is 39.5 Å². The minimum absolute atomic E-state index is 0.0947. The van der Waals surface area contributed by atoms with Gasteiger partial charge in [0.1, 0.15) is 5.75 Å². The second-order valence-corrected chi connectivity index (χ2v) is 10.0. The lowest BCUT2D eigenvalue weighted by molar-refractivity contribution is -0.143. The summed E-state index contributed by atoms with van der Waals surface area (Å²) in [5.41, 5.74) is -2.86. The van der Waals surface area contributed by atoms with Crippen molar-refractivity contribution in [3.05, 3.63) is 120 Å². The molecule has 0 N–H and O–H groups in total. The molecule has 1 nitrogen and oxygen atoms in total. The van der Waals surface area contributed by atoms with Crippen molar-refractivity contribution in [3.8, 4) is 5.75 Å². The summed E-state index contributed by atoms with van der Waals surface area (Å²) in [4.78, 5) is 1.87. The molecule has 0 heterocycles. The van der Waals surface area contributed by atoms with Crippen LogP contribution in [0.15, 0.2) is 124 Å². The molecule has 0 aliphatic rings. The van der Waals surface area contributed by atoms with Crippen LogP contribution < -0.4 is 4.18 Å². The molecule has 176 valence electrons. The minimum Gasteiger partial charge on any atom is -0.436 e. The zero-order valence-corrected chi connectivity index (χ0v) is 18.3. The van der Waals surface area contributed by atoms with Crippen LogP contribution in [0, 0.1) is 0 Å². The summed E-state index contributed by atoms with van der Waals surface area (Å²) in [5.74, 6) is -0.520. The van der Waals surface area contributed by atoms with Crippen molar-refractivity contribution in [2.45, 2.75) is 27.0 Å². The average Bonchev–Trinajstić information content (AvgIpc) is 2.83. The second-order valence-electron chi connectivity index (χ2n) is 7.32. The number of halogens is 6. The first kappa shape index (κ1) is 23.8. The first-order valence-electron chi connectivity index (χ1n) is 10.1. The van der Waals surface area contributed by atoms with E-state index >= 15 is 0 Å². The highest BCUT2D eigenvalue weighted by Crippen LogP contribution is 2.68. The quantitative estimate of drug-likeness (QED) is 0.253. The maximum absolute atomic E-state index is 13.5. The summed E-state index contributed by atoms with van der Waals surface area (Å²) in [5, 5.41) is 0. The number of rotatable bonds is 5. The molecule has 4 rings (SSSR count). The Labute approximate surface area is 194 Å². The Balaban J connectivity index is 2.02. The molecule has 4 aromatic rings. The van der Waals surface area contributed by atoms with Crippen molar-refractivity contribution in [2.24, 2.45) is 0 Å². The summed E-state index contributed by atoms with van der Waals surface area (Å²) in [6, 6.07) is 27.7. The van der Waals surface area contributed by atoms with E-state index in [0.717, 1.165) is 0 Å². The van der Waals surface area contributed by atoms with E-state index in [2.05, 4.69) is 0 Å². The summed E-state index contributed by atoms with van der Waals surface area (Å²) in [6.45, 7) is 0. The fourth-order valence-electron chi connectivity index (χ4n) is 3.51. The van der Waals surface area contributed by atoms with Crippen molar-refractivity contribution >= 4 is 10.3 Å². The molecule has 0 spiro atoms. The molecule has 0 saturated carbocycles. The lowest BCUT2D eigenvalue weighted by Crippen LogP contribution is -2.14. The van der Waals surface area contributed by atoms with Crippen molar-refractivity contribution in [3.63, 3.8) is 0 Å². The highest BCUT2D eigenvalue weighted by Gasteiger charge is 2.39. The molecule has 0 unspecified atom stereocenters. The topological polar surface area (TPSA) is 9.23 Å². The molecule has 0 saturated heterocycles. The lowest BCUT2D eigenvalue weighted by atomic mass is 10.1. The fraction of sp³-hybridized carbons (Fsp3) is 0.0769. The third-order valence-electron chi connectivity index (χ3n) is 5.01. The predicted octanol–water partition coefficient (Wildman–Crippen LogP) is 9.00. The molecule has 0 aliphatic carbocycles. The average molecular weight is 492 g/mol. The zero-order chi connectivity index (χ0) is 24.4. The standard InChI is InChI=1S/C26H18F6OS/c27-25(28,29)19-16-20(26(30,31)32)18-21(17-19)33-34(22-10-4-1-5-11-22,23-12-6-2-7-13-23)24-14-8-3-9-15-24/h1-18H. The minimum atomic E-state index is -4.98. The van der Waals surface area contributed by atoms with Crippen LogP contribution in [-0.2, 0) is 12.4 Å². The van der Waals surface area contributed by atoms with E-state index in [1.54, 1.807) is 91.0 Å². The Morgan fingerprint density at radius 2 is 0.794 bits per heavy atom.